The Balaban J connectivity index is 2.07. The number of likely N-dealkylation sites (N-methyl/N-ethyl adjacent to an activating group) is 1. The second kappa shape index (κ2) is 8.15. The number of amides is 1. The smallest absolute Gasteiger partial charge is 0.341 e. The first-order valence-corrected chi connectivity index (χ1v) is 7.74. The van der Waals surface area contributed by atoms with Gasteiger partial charge in [-0.2, -0.15) is 0 Å². The Bertz CT molecular complexity index is 731. The molecule has 0 aliphatic rings. The zero-order valence-corrected chi connectivity index (χ0v) is 14.1. The van der Waals surface area contributed by atoms with Gasteiger partial charge in [-0.05, 0) is 31.6 Å². The number of methoxy groups -OCH3 is 1. The number of benzene rings is 1. The SMILES string of the molecule is CCN(Cc1ccccc1)C(=O)C=Cc1cc(C(=O)OC)c(C)o1. The van der Waals surface area contributed by atoms with E-state index >= 15 is 0 Å². The zero-order chi connectivity index (χ0) is 17.5. The van der Waals surface area contributed by atoms with Crippen molar-refractivity contribution < 1.29 is 18.7 Å². The molecule has 5 heteroatoms. The molecule has 0 aliphatic heterocycles. The van der Waals surface area contributed by atoms with E-state index in [1.165, 1.54) is 13.2 Å². The molecule has 0 unspecified atom stereocenters. The van der Waals surface area contributed by atoms with Crippen molar-refractivity contribution in [2.24, 2.45) is 0 Å². The number of carbonyl (C=O) groups excluding carboxylic acids is 2. The molecule has 1 aromatic heterocycles. The Kier molecular flexibility index (Phi) is 5.95. The van der Waals surface area contributed by atoms with Crippen molar-refractivity contribution in [3.05, 3.63) is 65.1 Å². The monoisotopic (exact) mass is 327 g/mol. The highest BCUT2D eigenvalue weighted by atomic mass is 16.5. The average molecular weight is 327 g/mol. The molecule has 24 heavy (non-hydrogen) atoms. The largest absolute Gasteiger partial charge is 0.465 e. The van der Waals surface area contributed by atoms with Crippen LogP contribution in [0.3, 0.4) is 0 Å². The number of furan rings is 1. The number of hydrogen-bond acceptors (Lipinski definition) is 4. The molecule has 5 nitrogen and oxygen atoms in total. The van der Waals surface area contributed by atoms with E-state index in [4.69, 9.17) is 4.42 Å². The van der Waals surface area contributed by atoms with Gasteiger partial charge in [0.15, 0.2) is 0 Å². The van der Waals surface area contributed by atoms with Gasteiger partial charge in [0.05, 0.1) is 7.11 Å². The molecule has 2 aromatic rings. The van der Waals surface area contributed by atoms with Gasteiger partial charge in [-0.3, -0.25) is 4.79 Å². The molecule has 1 aromatic carbocycles. The molecule has 0 aliphatic carbocycles. The molecule has 0 bridgehead atoms. The van der Waals surface area contributed by atoms with Crippen molar-refractivity contribution in [2.45, 2.75) is 20.4 Å². The summed E-state index contributed by atoms with van der Waals surface area (Å²) in [7, 11) is 1.32. The summed E-state index contributed by atoms with van der Waals surface area (Å²) in [6, 6.07) is 11.4. The molecule has 0 saturated carbocycles. The maximum atomic E-state index is 12.3. The summed E-state index contributed by atoms with van der Waals surface area (Å²) >= 11 is 0. The summed E-state index contributed by atoms with van der Waals surface area (Å²) in [5.41, 5.74) is 1.43. The second-order valence-electron chi connectivity index (χ2n) is 5.28. The van der Waals surface area contributed by atoms with Gasteiger partial charge in [0.1, 0.15) is 17.1 Å². The van der Waals surface area contributed by atoms with Crippen molar-refractivity contribution >= 4 is 18.0 Å². The van der Waals surface area contributed by atoms with Gasteiger partial charge in [0.2, 0.25) is 5.91 Å². The molecule has 0 N–H and O–H groups in total. The van der Waals surface area contributed by atoms with Gasteiger partial charge in [-0.25, -0.2) is 4.79 Å². The highest BCUT2D eigenvalue weighted by Crippen LogP contribution is 2.17. The predicted molar refractivity (Wildman–Crippen MR) is 91.4 cm³/mol. The topological polar surface area (TPSA) is 59.8 Å². The molecule has 0 atom stereocenters. The third-order valence-electron chi connectivity index (χ3n) is 3.64. The number of esters is 1. The first-order valence-electron chi connectivity index (χ1n) is 7.74. The van der Waals surface area contributed by atoms with E-state index in [9.17, 15) is 9.59 Å². The fourth-order valence-corrected chi connectivity index (χ4v) is 2.31. The number of hydrogen-bond donors (Lipinski definition) is 0. The minimum Gasteiger partial charge on any atom is -0.465 e. The van der Waals surface area contributed by atoms with Crippen LogP contribution in [0.4, 0.5) is 0 Å². The molecule has 0 saturated heterocycles. The third kappa shape index (κ3) is 4.35. The van der Waals surface area contributed by atoms with Crippen molar-refractivity contribution in [3.8, 4) is 0 Å². The van der Waals surface area contributed by atoms with Crippen LogP contribution >= 0.6 is 0 Å². The van der Waals surface area contributed by atoms with E-state index in [0.717, 1.165) is 5.56 Å². The molecule has 0 spiro atoms. The van der Waals surface area contributed by atoms with E-state index in [1.54, 1.807) is 24.0 Å². The third-order valence-corrected chi connectivity index (χ3v) is 3.64. The highest BCUT2D eigenvalue weighted by Gasteiger charge is 2.15. The highest BCUT2D eigenvalue weighted by molar-refractivity contribution is 5.93. The first kappa shape index (κ1) is 17.5. The standard InChI is InChI=1S/C19H21NO4/c1-4-20(13-15-8-6-5-7-9-15)18(21)11-10-16-12-17(14(2)24-16)19(22)23-3/h5-12H,4,13H2,1-3H3. The number of carbonyl (C=O) groups is 2. The van der Waals surface area contributed by atoms with Crippen LogP contribution < -0.4 is 0 Å². The molecular formula is C19H21NO4. The van der Waals surface area contributed by atoms with Crippen LogP contribution in [0.15, 0.2) is 46.9 Å². The molecule has 0 radical (unpaired) electrons. The number of ether oxygens (including phenoxy) is 1. The van der Waals surface area contributed by atoms with Gasteiger partial charge in [0, 0.05) is 19.2 Å². The fourth-order valence-electron chi connectivity index (χ4n) is 2.31. The lowest BCUT2D eigenvalue weighted by Gasteiger charge is -2.19. The summed E-state index contributed by atoms with van der Waals surface area (Å²) in [4.78, 5) is 25.6. The molecular weight excluding hydrogens is 306 g/mol. The Morgan fingerprint density at radius 1 is 1.25 bits per heavy atom. The minimum atomic E-state index is -0.457. The predicted octanol–water partition coefficient (Wildman–Crippen LogP) is 3.44. The summed E-state index contributed by atoms with van der Waals surface area (Å²) < 4.78 is 10.1. The van der Waals surface area contributed by atoms with E-state index in [1.807, 2.05) is 37.3 Å². The van der Waals surface area contributed by atoms with E-state index < -0.39 is 5.97 Å². The minimum absolute atomic E-state index is 0.116. The molecule has 0 fully saturated rings. The van der Waals surface area contributed by atoms with Gasteiger partial charge < -0.3 is 14.1 Å². The van der Waals surface area contributed by atoms with Gasteiger partial charge in [0.25, 0.3) is 0 Å². The maximum Gasteiger partial charge on any atom is 0.341 e. The average Bonchev–Trinajstić information content (AvgIpc) is 2.98. The summed E-state index contributed by atoms with van der Waals surface area (Å²) in [6.45, 7) is 4.76. The van der Waals surface area contributed by atoms with Crippen molar-refractivity contribution in [1.82, 2.24) is 4.90 Å². The van der Waals surface area contributed by atoms with Crippen molar-refractivity contribution in [2.75, 3.05) is 13.7 Å². The van der Waals surface area contributed by atoms with Crippen molar-refractivity contribution in [1.29, 1.82) is 0 Å². The van der Waals surface area contributed by atoms with Crippen LogP contribution in [0.1, 0.15) is 34.4 Å². The Morgan fingerprint density at radius 2 is 1.96 bits per heavy atom. The van der Waals surface area contributed by atoms with E-state index in [-0.39, 0.29) is 5.91 Å². The summed E-state index contributed by atoms with van der Waals surface area (Å²) in [6.07, 6.45) is 3.02. The fraction of sp³-hybridized carbons (Fsp3) is 0.263. The molecule has 2 rings (SSSR count). The second-order valence-corrected chi connectivity index (χ2v) is 5.28. The van der Waals surface area contributed by atoms with E-state index in [2.05, 4.69) is 4.74 Å². The van der Waals surface area contributed by atoms with E-state index in [0.29, 0.717) is 30.2 Å². The lowest BCUT2D eigenvalue weighted by atomic mass is 10.2. The van der Waals surface area contributed by atoms with Crippen molar-refractivity contribution in [3.63, 3.8) is 0 Å². The lowest BCUT2D eigenvalue weighted by Crippen LogP contribution is -2.28. The van der Waals surface area contributed by atoms with Gasteiger partial charge in [-0.15, -0.1) is 0 Å². The van der Waals surface area contributed by atoms with Gasteiger partial charge in [-0.1, -0.05) is 30.3 Å². The molecule has 1 amide bonds. The number of rotatable bonds is 6. The van der Waals surface area contributed by atoms with Crippen LogP contribution in [-0.4, -0.2) is 30.4 Å². The Labute approximate surface area is 141 Å². The summed E-state index contributed by atoms with van der Waals surface area (Å²) in [5, 5.41) is 0. The van der Waals surface area contributed by atoms with Crippen LogP contribution in [0.25, 0.3) is 6.08 Å². The van der Waals surface area contributed by atoms with Gasteiger partial charge >= 0.3 is 5.97 Å². The summed E-state index contributed by atoms with van der Waals surface area (Å²) in [5.74, 6) is 0.333. The number of aryl methyl sites for hydroxylation is 1. The maximum absolute atomic E-state index is 12.3. The normalized spacial score (nSPS) is 10.8. The molecule has 126 valence electrons. The molecule has 1 heterocycles. The van der Waals surface area contributed by atoms with Crippen LogP contribution in [-0.2, 0) is 16.1 Å². The van der Waals surface area contributed by atoms with Crippen LogP contribution in [0.2, 0.25) is 0 Å². The zero-order valence-electron chi connectivity index (χ0n) is 14.1. The number of nitrogens with zero attached hydrogens (tertiary/aromatic N) is 1. The van der Waals surface area contributed by atoms with Crippen LogP contribution in [0.5, 0.6) is 0 Å². The Morgan fingerprint density at radius 3 is 2.58 bits per heavy atom. The lowest BCUT2D eigenvalue weighted by molar-refractivity contribution is -0.126. The first-order chi connectivity index (χ1) is 11.5. The Hall–Kier alpha value is -2.82. The quantitative estimate of drug-likeness (QED) is 0.602. The van der Waals surface area contributed by atoms with Crippen LogP contribution in [0, 0.1) is 6.92 Å².